The number of aryl methyl sites for hydroxylation is 1. The Kier molecular flexibility index (Phi) is 3.82. The van der Waals surface area contributed by atoms with Crippen LogP contribution in [0.1, 0.15) is 38.7 Å². The van der Waals surface area contributed by atoms with Gasteiger partial charge in [0.2, 0.25) is 11.8 Å². The van der Waals surface area contributed by atoms with Gasteiger partial charge in [0.1, 0.15) is 0 Å². The fourth-order valence-corrected chi connectivity index (χ4v) is 4.24. The van der Waals surface area contributed by atoms with E-state index in [1.807, 2.05) is 23.1 Å². The smallest absolute Gasteiger partial charge is 0.307 e. The summed E-state index contributed by atoms with van der Waals surface area (Å²) in [5.74, 6) is -2.03. The Balaban J connectivity index is 1.53. The highest BCUT2D eigenvalue weighted by Gasteiger charge is 2.65. The normalized spacial score (nSPS) is 26.0. The molecule has 4 rings (SSSR count). The third-order valence-corrected chi connectivity index (χ3v) is 6.04. The molecule has 0 aromatic heterocycles. The van der Waals surface area contributed by atoms with Gasteiger partial charge >= 0.3 is 5.97 Å². The number of carboxylic acids is 1. The van der Waals surface area contributed by atoms with Crippen molar-refractivity contribution in [3.05, 3.63) is 23.8 Å². The number of carbonyl (C=O) groups excluding carboxylic acids is 2. The van der Waals surface area contributed by atoms with Gasteiger partial charge in [0.15, 0.2) is 0 Å². The lowest BCUT2D eigenvalue weighted by atomic mass is 10.0. The molecule has 2 saturated carbocycles. The largest absolute Gasteiger partial charge is 0.481 e. The molecule has 0 saturated heterocycles. The van der Waals surface area contributed by atoms with Gasteiger partial charge in [-0.15, -0.1) is 0 Å². The first-order valence-corrected chi connectivity index (χ1v) is 9.28. The minimum atomic E-state index is -0.929. The molecule has 2 N–H and O–H groups in total. The van der Waals surface area contributed by atoms with E-state index in [2.05, 4.69) is 5.32 Å². The van der Waals surface area contributed by atoms with Crippen LogP contribution in [-0.4, -0.2) is 29.4 Å². The summed E-state index contributed by atoms with van der Waals surface area (Å²) in [7, 11) is 0. The molecule has 0 radical (unpaired) electrons. The second-order valence-electron chi connectivity index (χ2n) is 8.32. The van der Waals surface area contributed by atoms with Crippen LogP contribution in [0.4, 0.5) is 11.4 Å². The van der Waals surface area contributed by atoms with Gasteiger partial charge in [-0.2, -0.15) is 0 Å². The van der Waals surface area contributed by atoms with Crippen molar-refractivity contribution in [3.8, 4) is 0 Å². The summed E-state index contributed by atoms with van der Waals surface area (Å²) in [4.78, 5) is 38.3. The number of carbonyl (C=O) groups is 3. The van der Waals surface area contributed by atoms with Gasteiger partial charge in [-0.25, -0.2) is 0 Å². The Bertz CT molecular complexity index is 797. The van der Waals surface area contributed by atoms with Crippen LogP contribution >= 0.6 is 0 Å². The Morgan fingerprint density at radius 3 is 2.54 bits per heavy atom. The fraction of sp³-hybridized carbons (Fsp3) is 0.550. The second kappa shape index (κ2) is 5.83. The molecule has 1 aromatic carbocycles. The van der Waals surface area contributed by atoms with Crippen molar-refractivity contribution < 1.29 is 19.5 Å². The topological polar surface area (TPSA) is 86.7 Å². The fourth-order valence-electron chi connectivity index (χ4n) is 4.24. The van der Waals surface area contributed by atoms with Crippen LogP contribution in [0.25, 0.3) is 0 Å². The predicted octanol–water partition coefficient (Wildman–Crippen LogP) is 2.67. The number of hydrogen-bond acceptors (Lipinski definition) is 3. The minimum absolute atomic E-state index is 0.155. The lowest BCUT2D eigenvalue weighted by Gasteiger charge is -2.30. The maximum atomic E-state index is 12.6. The molecule has 0 bridgehead atoms. The molecule has 6 nitrogen and oxygen atoms in total. The average Bonchev–Trinajstić information content (AvgIpc) is 3.49. The number of aliphatic carboxylic acids is 1. The number of hydrogen-bond donors (Lipinski definition) is 2. The highest BCUT2D eigenvalue weighted by atomic mass is 16.4. The highest BCUT2D eigenvalue weighted by Crippen LogP contribution is 2.58. The molecule has 6 heteroatoms. The van der Waals surface area contributed by atoms with Gasteiger partial charge in [-0.05, 0) is 48.8 Å². The van der Waals surface area contributed by atoms with Crippen molar-refractivity contribution in [1.29, 1.82) is 0 Å². The minimum Gasteiger partial charge on any atom is -0.481 e. The monoisotopic (exact) mass is 356 g/mol. The number of anilines is 2. The lowest BCUT2D eigenvalue weighted by molar-refractivity contribution is -0.140. The van der Waals surface area contributed by atoms with E-state index in [9.17, 15) is 19.5 Å². The van der Waals surface area contributed by atoms with Crippen molar-refractivity contribution >= 4 is 29.2 Å². The summed E-state index contributed by atoms with van der Waals surface area (Å²) in [5.41, 5.74) is 2.10. The van der Waals surface area contributed by atoms with Crippen molar-refractivity contribution in [2.45, 2.75) is 39.5 Å². The molecule has 1 aromatic rings. The van der Waals surface area contributed by atoms with Gasteiger partial charge < -0.3 is 15.3 Å². The number of fused-ring (bicyclic) bond motifs is 1. The zero-order valence-corrected chi connectivity index (χ0v) is 15.1. The molecule has 3 aliphatic rings. The van der Waals surface area contributed by atoms with Crippen LogP contribution in [0.3, 0.4) is 0 Å². The molecule has 2 fully saturated rings. The van der Waals surface area contributed by atoms with E-state index in [1.54, 1.807) is 13.8 Å². The van der Waals surface area contributed by atoms with Gasteiger partial charge in [-0.1, -0.05) is 19.9 Å². The van der Waals surface area contributed by atoms with E-state index in [0.29, 0.717) is 5.69 Å². The summed E-state index contributed by atoms with van der Waals surface area (Å²) >= 11 is 0. The molecule has 0 unspecified atom stereocenters. The Labute approximate surface area is 152 Å². The Morgan fingerprint density at radius 1 is 1.19 bits per heavy atom. The first kappa shape index (κ1) is 17.1. The summed E-state index contributed by atoms with van der Waals surface area (Å²) < 4.78 is 0. The van der Waals surface area contributed by atoms with Crippen molar-refractivity contribution in [1.82, 2.24) is 0 Å². The van der Waals surface area contributed by atoms with Crippen LogP contribution in [0.2, 0.25) is 0 Å². The van der Waals surface area contributed by atoms with Gasteiger partial charge in [0.25, 0.3) is 0 Å². The highest BCUT2D eigenvalue weighted by molar-refractivity contribution is 6.01. The van der Waals surface area contributed by atoms with Crippen LogP contribution in [0, 0.1) is 23.2 Å². The molecule has 2 atom stereocenters. The molecular weight excluding hydrogens is 332 g/mol. The number of nitrogens with one attached hydrogen (secondary N) is 1. The molecule has 138 valence electrons. The van der Waals surface area contributed by atoms with Crippen LogP contribution in [0.15, 0.2) is 18.2 Å². The maximum absolute atomic E-state index is 12.6. The van der Waals surface area contributed by atoms with E-state index in [0.717, 1.165) is 43.5 Å². The molecule has 0 spiro atoms. The molecule has 26 heavy (non-hydrogen) atoms. The third kappa shape index (κ3) is 2.77. The quantitative estimate of drug-likeness (QED) is 0.868. The summed E-state index contributed by atoms with van der Waals surface area (Å²) in [6, 6.07) is 5.66. The van der Waals surface area contributed by atoms with E-state index < -0.39 is 23.2 Å². The van der Waals surface area contributed by atoms with Crippen molar-refractivity contribution in [3.63, 3.8) is 0 Å². The van der Waals surface area contributed by atoms with Crippen LogP contribution in [-0.2, 0) is 20.8 Å². The zero-order chi connectivity index (χ0) is 18.6. The van der Waals surface area contributed by atoms with Crippen LogP contribution in [0.5, 0.6) is 0 Å². The summed E-state index contributed by atoms with van der Waals surface area (Å²) in [6.07, 6.45) is 3.81. The Morgan fingerprint density at radius 2 is 1.92 bits per heavy atom. The number of rotatable bonds is 4. The standard InChI is InChI=1S/C20H24N2O4/c1-20(2)15(16(20)19(25)26)17(23)21-13-8-7-11-4-3-9-22(14(11)10-13)18(24)12-5-6-12/h7-8,10,12,15-16H,3-6,9H2,1-2H3,(H,21,23)(H,25,26)/t15-,16-/m0/s1. The molecule has 2 aliphatic carbocycles. The first-order valence-electron chi connectivity index (χ1n) is 9.28. The first-order chi connectivity index (χ1) is 12.3. The Hall–Kier alpha value is -2.37. The number of amides is 2. The van der Waals surface area contributed by atoms with Gasteiger partial charge in [0, 0.05) is 23.8 Å². The van der Waals surface area contributed by atoms with Crippen LogP contribution < -0.4 is 10.2 Å². The third-order valence-electron chi connectivity index (χ3n) is 6.04. The summed E-state index contributed by atoms with van der Waals surface area (Å²) in [5, 5.41) is 12.1. The number of nitrogens with zero attached hydrogens (tertiary/aromatic N) is 1. The summed E-state index contributed by atoms with van der Waals surface area (Å²) in [6.45, 7) is 4.33. The molecule has 2 amide bonds. The second-order valence-corrected chi connectivity index (χ2v) is 8.32. The lowest BCUT2D eigenvalue weighted by Crippen LogP contribution is -2.36. The molecular formula is C20H24N2O4. The molecule has 1 heterocycles. The zero-order valence-electron chi connectivity index (χ0n) is 15.1. The van der Waals surface area contributed by atoms with E-state index in [-0.39, 0.29) is 17.7 Å². The van der Waals surface area contributed by atoms with E-state index in [1.165, 1.54) is 0 Å². The van der Waals surface area contributed by atoms with E-state index >= 15 is 0 Å². The van der Waals surface area contributed by atoms with Gasteiger partial charge in [0.05, 0.1) is 11.8 Å². The SMILES string of the molecule is CC1(C)[C@H](C(=O)O)[C@H]1C(=O)Nc1ccc2c(c1)N(C(=O)C1CC1)CCC2. The average molecular weight is 356 g/mol. The van der Waals surface area contributed by atoms with E-state index in [4.69, 9.17) is 0 Å². The number of carboxylic acid groups (broad SMARTS) is 1. The van der Waals surface area contributed by atoms with Crippen molar-refractivity contribution in [2.75, 3.05) is 16.8 Å². The number of benzene rings is 1. The molecule has 1 aliphatic heterocycles. The predicted molar refractivity (Wildman–Crippen MR) is 96.9 cm³/mol. The van der Waals surface area contributed by atoms with Gasteiger partial charge in [-0.3, -0.25) is 14.4 Å². The van der Waals surface area contributed by atoms with Crippen molar-refractivity contribution in [2.24, 2.45) is 23.2 Å². The maximum Gasteiger partial charge on any atom is 0.307 e.